The molecule has 118 valence electrons. The van der Waals surface area contributed by atoms with E-state index in [1.807, 2.05) is 19.1 Å². The number of methoxy groups -OCH3 is 2. The van der Waals surface area contributed by atoms with E-state index in [1.54, 1.807) is 38.8 Å². The van der Waals surface area contributed by atoms with Gasteiger partial charge in [0.15, 0.2) is 0 Å². The Hall–Kier alpha value is -2.34. The molecule has 6 nitrogen and oxygen atoms in total. The highest BCUT2D eigenvalue weighted by Gasteiger charge is 2.22. The first-order valence-electron chi connectivity index (χ1n) is 6.90. The molecular formula is C16H21N3O3. The van der Waals surface area contributed by atoms with Crippen LogP contribution in [0.1, 0.15) is 25.2 Å². The number of aromatic nitrogens is 2. The summed E-state index contributed by atoms with van der Waals surface area (Å²) in [6.07, 6.45) is 0. The van der Waals surface area contributed by atoms with Crippen molar-refractivity contribution in [2.24, 2.45) is 5.73 Å². The zero-order chi connectivity index (χ0) is 16.5. The number of nitrogens with zero attached hydrogens (tertiary/aromatic N) is 2. The number of hydrogen-bond acceptors (Lipinski definition) is 5. The van der Waals surface area contributed by atoms with Gasteiger partial charge in [0.1, 0.15) is 22.9 Å². The normalized spacial score (nSPS) is 11.4. The highest BCUT2D eigenvalue weighted by atomic mass is 16.5. The average Bonchev–Trinajstić information content (AvgIpc) is 2.45. The maximum atomic E-state index is 12.1. The van der Waals surface area contributed by atoms with Crippen LogP contribution in [0.5, 0.6) is 11.5 Å². The van der Waals surface area contributed by atoms with Gasteiger partial charge in [0, 0.05) is 17.8 Å². The first kappa shape index (κ1) is 16.0. The molecule has 1 aromatic carbocycles. The minimum Gasteiger partial charge on any atom is -0.497 e. The van der Waals surface area contributed by atoms with Crippen LogP contribution in [0.2, 0.25) is 0 Å². The van der Waals surface area contributed by atoms with Crippen molar-refractivity contribution in [3.05, 3.63) is 45.9 Å². The van der Waals surface area contributed by atoms with E-state index in [1.165, 1.54) is 6.07 Å². The van der Waals surface area contributed by atoms with Gasteiger partial charge in [-0.05, 0) is 32.9 Å². The Kier molecular flexibility index (Phi) is 4.23. The van der Waals surface area contributed by atoms with Gasteiger partial charge < -0.3 is 15.2 Å². The van der Waals surface area contributed by atoms with Gasteiger partial charge in [-0.15, -0.1) is 0 Å². The number of benzene rings is 1. The fourth-order valence-electron chi connectivity index (χ4n) is 2.20. The Morgan fingerprint density at radius 2 is 1.86 bits per heavy atom. The van der Waals surface area contributed by atoms with E-state index >= 15 is 0 Å². The first-order chi connectivity index (χ1) is 10.3. The summed E-state index contributed by atoms with van der Waals surface area (Å²) in [5.41, 5.74) is 6.76. The molecule has 0 saturated carbocycles. The van der Waals surface area contributed by atoms with Crippen molar-refractivity contribution in [2.45, 2.75) is 26.3 Å². The Bertz CT molecular complexity index is 745. The minimum atomic E-state index is -0.827. The van der Waals surface area contributed by atoms with E-state index < -0.39 is 5.54 Å². The van der Waals surface area contributed by atoms with Gasteiger partial charge in [-0.1, -0.05) is 0 Å². The topological polar surface area (TPSA) is 79.4 Å². The number of aryl methyl sites for hydroxylation is 1. The fraction of sp³-hybridized carbons (Fsp3) is 0.375. The van der Waals surface area contributed by atoms with Gasteiger partial charge in [0.2, 0.25) is 5.43 Å². The summed E-state index contributed by atoms with van der Waals surface area (Å²) in [5, 5.41) is 4.44. The number of ether oxygens (including phenoxy) is 2. The largest absolute Gasteiger partial charge is 0.497 e. The van der Waals surface area contributed by atoms with Crippen LogP contribution in [0, 0.1) is 6.92 Å². The van der Waals surface area contributed by atoms with Crippen molar-refractivity contribution in [3.8, 4) is 17.2 Å². The zero-order valence-electron chi connectivity index (χ0n) is 13.5. The van der Waals surface area contributed by atoms with E-state index in [2.05, 4.69) is 5.10 Å². The van der Waals surface area contributed by atoms with Crippen molar-refractivity contribution in [1.29, 1.82) is 0 Å². The van der Waals surface area contributed by atoms with Gasteiger partial charge in [-0.2, -0.15) is 5.10 Å². The standard InChI is InChI=1S/C16H21N3O3/c1-10-8-13(20)15(16(2,3)17)18-19(10)12-7-6-11(21-4)9-14(12)22-5/h6-9H,17H2,1-5H3. The highest BCUT2D eigenvalue weighted by molar-refractivity contribution is 5.51. The van der Waals surface area contributed by atoms with Crippen LogP contribution in [-0.4, -0.2) is 24.0 Å². The van der Waals surface area contributed by atoms with Crippen LogP contribution in [-0.2, 0) is 5.54 Å². The minimum absolute atomic E-state index is 0.172. The Morgan fingerprint density at radius 3 is 2.41 bits per heavy atom. The average molecular weight is 303 g/mol. The van der Waals surface area contributed by atoms with Gasteiger partial charge in [0.25, 0.3) is 0 Å². The monoisotopic (exact) mass is 303 g/mol. The lowest BCUT2D eigenvalue weighted by Crippen LogP contribution is -2.37. The third-order valence-electron chi connectivity index (χ3n) is 3.33. The molecule has 1 heterocycles. The molecule has 0 saturated heterocycles. The second kappa shape index (κ2) is 5.81. The second-order valence-electron chi connectivity index (χ2n) is 5.67. The van der Waals surface area contributed by atoms with Crippen molar-refractivity contribution in [2.75, 3.05) is 14.2 Å². The molecule has 0 atom stereocenters. The molecule has 6 heteroatoms. The summed E-state index contributed by atoms with van der Waals surface area (Å²) in [6.45, 7) is 5.31. The third kappa shape index (κ3) is 2.96. The third-order valence-corrected chi connectivity index (χ3v) is 3.33. The summed E-state index contributed by atoms with van der Waals surface area (Å²) in [4.78, 5) is 12.1. The molecule has 2 N–H and O–H groups in total. The molecule has 0 spiro atoms. The predicted octanol–water partition coefficient (Wildman–Crippen LogP) is 1.75. The first-order valence-corrected chi connectivity index (χ1v) is 6.90. The van der Waals surface area contributed by atoms with Gasteiger partial charge >= 0.3 is 0 Å². The molecule has 0 unspecified atom stereocenters. The van der Waals surface area contributed by atoms with Crippen LogP contribution < -0.4 is 20.6 Å². The van der Waals surface area contributed by atoms with Gasteiger partial charge in [-0.25, -0.2) is 4.68 Å². The molecule has 0 amide bonds. The summed E-state index contributed by atoms with van der Waals surface area (Å²) in [7, 11) is 3.16. The van der Waals surface area contributed by atoms with Crippen LogP contribution in [0.4, 0.5) is 0 Å². The summed E-state index contributed by atoms with van der Waals surface area (Å²) in [5.74, 6) is 1.28. The van der Waals surface area contributed by atoms with Gasteiger partial charge in [-0.3, -0.25) is 4.79 Å². The van der Waals surface area contributed by atoms with Crippen LogP contribution >= 0.6 is 0 Å². The van der Waals surface area contributed by atoms with Crippen LogP contribution in [0.3, 0.4) is 0 Å². The van der Waals surface area contributed by atoms with E-state index in [-0.39, 0.29) is 5.43 Å². The van der Waals surface area contributed by atoms with Crippen LogP contribution in [0.25, 0.3) is 5.69 Å². The Balaban J connectivity index is 2.70. The molecule has 2 aromatic rings. The van der Waals surface area contributed by atoms with Crippen molar-refractivity contribution in [3.63, 3.8) is 0 Å². The van der Waals surface area contributed by atoms with E-state index in [4.69, 9.17) is 15.2 Å². The quantitative estimate of drug-likeness (QED) is 0.931. The summed E-state index contributed by atoms with van der Waals surface area (Å²) >= 11 is 0. The van der Waals surface area contributed by atoms with E-state index in [0.29, 0.717) is 28.6 Å². The van der Waals surface area contributed by atoms with E-state index in [9.17, 15) is 4.79 Å². The van der Waals surface area contributed by atoms with Crippen LogP contribution in [0.15, 0.2) is 29.1 Å². The zero-order valence-corrected chi connectivity index (χ0v) is 13.5. The Labute approximate surface area is 129 Å². The van der Waals surface area contributed by atoms with Crippen molar-refractivity contribution >= 4 is 0 Å². The maximum Gasteiger partial charge on any atom is 0.205 e. The van der Waals surface area contributed by atoms with E-state index in [0.717, 1.165) is 0 Å². The Morgan fingerprint density at radius 1 is 1.18 bits per heavy atom. The lowest BCUT2D eigenvalue weighted by atomic mass is 10.0. The SMILES string of the molecule is COc1ccc(-n2nc(C(C)(C)N)c(=O)cc2C)c(OC)c1. The molecule has 2 rings (SSSR count). The number of rotatable bonds is 4. The van der Waals surface area contributed by atoms with Gasteiger partial charge in [0.05, 0.1) is 19.8 Å². The molecule has 22 heavy (non-hydrogen) atoms. The fourth-order valence-corrected chi connectivity index (χ4v) is 2.20. The molecule has 0 aliphatic heterocycles. The second-order valence-corrected chi connectivity index (χ2v) is 5.67. The molecule has 0 aliphatic rings. The molecule has 0 bridgehead atoms. The molecular weight excluding hydrogens is 282 g/mol. The lowest BCUT2D eigenvalue weighted by Gasteiger charge is -2.20. The smallest absolute Gasteiger partial charge is 0.205 e. The number of hydrogen-bond donors (Lipinski definition) is 1. The number of nitrogens with two attached hydrogens (primary N) is 1. The maximum absolute atomic E-state index is 12.1. The molecule has 0 aliphatic carbocycles. The van der Waals surface area contributed by atoms with Crippen molar-refractivity contribution < 1.29 is 9.47 Å². The predicted molar refractivity (Wildman–Crippen MR) is 84.9 cm³/mol. The summed E-state index contributed by atoms with van der Waals surface area (Å²) in [6, 6.07) is 6.93. The highest BCUT2D eigenvalue weighted by Crippen LogP contribution is 2.28. The molecule has 1 aromatic heterocycles. The van der Waals surface area contributed by atoms with Crippen molar-refractivity contribution in [1.82, 2.24) is 9.78 Å². The summed E-state index contributed by atoms with van der Waals surface area (Å²) < 4.78 is 12.3. The molecule has 0 radical (unpaired) electrons. The molecule has 0 fully saturated rings. The lowest BCUT2D eigenvalue weighted by molar-refractivity contribution is 0.391.